The van der Waals surface area contributed by atoms with Crippen LogP contribution >= 0.6 is 0 Å². The molecule has 1 heterocycles. The van der Waals surface area contributed by atoms with Gasteiger partial charge in [0.2, 0.25) is 0 Å². The molecule has 0 aliphatic rings. The first kappa shape index (κ1) is 12.1. The fourth-order valence-electron chi connectivity index (χ4n) is 0.894. The van der Waals surface area contributed by atoms with Crippen molar-refractivity contribution in [1.29, 1.82) is 0 Å². The van der Waals surface area contributed by atoms with Crippen LogP contribution in [0.25, 0.3) is 0 Å². The highest BCUT2D eigenvalue weighted by Gasteiger charge is 2.16. The van der Waals surface area contributed by atoms with Crippen molar-refractivity contribution >= 4 is 19.7 Å². The van der Waals surface area contributed by atoms with E-state index in [9.17, 15) is 16.8 Å². The van der Waals surface area contributed by atoms with Gasteiger partial charge >= 0.3 is 0 Å². The van der Waals surface area contributed by atoms with E-state index in [2.05, 4.69) is 9.97 Å². The van der Waals surface area contributed by atoms with Crippen molar-refractivity contribution in [3.05, 3.63) is 11.9 Å². The van der Waals surface area contributed by atoms with Crippen molar-refractivity contribution in [2.75, 3.05) is 12.5 Å². The normalized spacial score (nSPS) is 12.7. The second kappa shape index (κ2) is 3.53. The Balaban J connectivity index is 3.57. The number of hydrogen-bond donors (Lipinski definition) is 0. The van der Waals surface area contributed by atoms with Gasteiger partial charge in [0, 0.05) is 18.6 Å². The molecule has 0 aromatic carbocycles. The summed E-state index contributed by atoms with van der Waals surface area (Å²) in [5.74, 6) is 0.110. The maximum absolute atomic E-state index is 11.2. The van der Waals surface area contributed by atoms with Crippen LogP contribution in [0.3, 0.4) is 0 Å². The summed E-state index contributed by atoms with van der Waals surface area (Å²) in [6, 6.07) is 0.956. The van der Waals surface area contributed by atoms with Gasteiger partial charge < -0.3 is 0 Å². The number of nitrogens with zero attached hydrogens (tertiary/aromatic N) is 2. The fraction of sp³-hybridized carbons (Fsp3) is 0.429. The summed E-state index contributed by atoms with van der Waals surface area (Å²) in [5, 5.41) is -0.564. The molecule has 0 fully saturated rings. The van der Waals surface area contributed by atoms with Crippen LogP contribution in [-0.4, -0.2) is 39.3 Å². The maximum atomic E-state index is 11.2. The lowest BCUT2D eigenvalue weighted by Crippen LogP contribution is -2.08. The first-order valence-corrected chi connectivity index (χ1v) is 7.65. The summed E-state index contributed by atoms with van der Waals surface area (Å²) in [5.41, 5.74) is 0. The van der Waals surface area contributed by atoms with Crippen molar-refractivity contribution < 1.29 is 16.8 Å². The van der Waals surface area contributed by atoms with Crippen LogP contribution in [0.15, 0.2) is 16.1 Å². The van der Waals surface area contributed by atoms with E-state index < -0.39 is 19.7 Å². The molecule has 1 rings (SSSR count). The van der Waals surface area contributed by atoms with E-state index >= 15 is 0 Å². The lowest BCUT2D eigenvalue weighted by atomic mass is 10.6. The number of aryl methyl sites for hydroxylation is 1. The Morgan fingerprint density at radius 2 is 1.27 bits per heavy atom. The molecule has 0 radical (unpaired) electrons. The van der Waals surface area contributed by atoms with Crippen LogP contribution in [0.4, 0.5) is 0 Å². The van der Waals surface area contributed by atoms with Gasteiger partial charge in [-0.2, -0.15) is 0 Å². The molecular formula is C7H10N2O4S2. The second-order valence-corrected chi connectivity index (χ2v) is 7.06. The molecule has 1 aromatic rings. The predicted molar refractivity (Wildman–Crippen MR) is 53.0 cm³/mol. The molecule has 0 saturated carbocycles. The zero-order valence-corrected chi connectivity index (χ0v) is 10.1. The molecule has 8 heteroatoms. The van der Waals surface area contributed by atoms with Crippen LogP contribution in [0.5, 0.6) is 0 Å². The highest BCUT2D eigenvalue weighted by molar-refractivity contribution is 7.91. The Labute approximate surface area is 88.2 Å². The van der Waals surface area contributed by atoms with E-state index in [0.717, 1.165) is 18.6 Å². The zero-order valence-electron chi connectivity index (χ0n) is 8.42. The Bertz CT molecular complexity index is 539. The average Bonchev–Trinajstić information content (AvgIpc) is 1.99. The van der Waals surface area contributed by atoms with Crippen molar-refractivity contribution in [2.45, 2.75) is 17.0 Å². The quantitative estimate of drug-likeness (QED) is 0.662. The van der Waals surface area contributed by atoms with Crippen LogP contribution in [0.2, 0.25) is 0 Å². The van der Waals surface area contributed by atoms with Crippen LogP contribution in [0.1, 0.15) is 5.82 Å². The number of aromatic nitrogens is 2. The van der Waals surface area contributed by atoms with Crippen molar-refractivity contribution in [3.63, 3.8) is 0 Å². The molecule has 0 bridgehead atoms. The Morgan fingerprint density at radius 3 is 1.53 bits per heavy atom. The van der Waals surface area contributed by atoms with E-state index in [4.69, 9.17) is 0 Å². The van der Waals surface area contributed by atoms with Gasteiger partial charge in [0.05, 0.1) is 0 Å². The van der Waals surface area contributed by atoms with Gasteiger partial charge in [-0.3, -0.25) is 0 Å². The third-order valence-electron chi connectivity index (χ3n) is 1.55. The molecule has 0 aliphatic heterocycles. The van der Waals surface area contributed by atoms with E-state index in [1.807, 2.05) is 0 Å². The average molecular weight is 250 g/mol. The van der Waals surface area contributed by atoms with Crippen LogP contribution in [-0.2, 0) is 19.7 Å². The molecule has 15 heavy (non-hydrogen) atoms. The molecule has 0 aliphatic carbocycles. The lowest BCUT2D eigenvalue weighted by molar-refractivity contribution is 0.591. The van der Waals surface area contributed by atoms with E-state index in [1.54, 1.807) is 0 Å². The van der Waals surface area contributed by atoms with Crippen LogP contribution in [0, 0.1) is 6.92 Å². The van der Waals surface area contributed by atoms with Gasteiger partial charge in [0.15, 0.2) is 29.7 Å². The van der Waals surface area contributed by atoms with E-state index in [0.29, 0.717) is 0 Å². The SMILES string of the molecule is Cc1nc(S(C)(=O)=O)cc(S(C)(=O)=O)n1. The minimum atomic E-state index is -3.52. The second-order valence-electron chi connectivity index (χ2n) is 3.14. The highest BCUT2D eigenvalue weighted by atomic mass is 32.2. The number of hydrogen-bond acceptors (Lipinski definition) is 6. The van der Waals surface area contributed by atoms with Gasteiger partial charge in [0.25, 0.3) is 0 Å². The van der Waals surface area contributed by atoms with Gasteiger partial charge in [-0.1, -0.05) is 0 Å². The summed E-state index contributed by atoms with van der Waals surface area (Å²) >= 11 is 0. The summed E-state index contributed by atoms with van der Waals surface area (Å²) in [4.78, 5) is 7.31. The lowest BCUT2D eigenvalue weighted by Gasteiger charge is -2.02. The van der Waals surface area contributed by atoms with Gasteiger partial charge in [-0.05, 0) is 6.92 Å². The summed E-state index contributed by atoms with van der Waals surface area (Å²) in [6.45, 7) is 1.43. The zero-order chi connectivity index (χ0) is 11.9. The smallest absolute Gasteiger partial charge is 0.192 e. The summed E-state index contributed by atoms with van der Waals surface area (Å²) in [7, 11) is -7.05. The van der Waals surface area contributed by atoms with Crippen molar-refractivity contribution in [2.24, 2.45) is 0 Å². The molecule has 0 spiro atoms. The Kier molecular flexibility index (Phi) is 2.83. The fourth-order valence-corrected chi connectivity index (χ4v) is 2.22. The maximum Gasteiger partial charge on any atom is 0.192 e. The molecular weight excluding hydrogens is 240 g/mol. The first-order chi connectivity index (χ1) is 6.60. The Morgan fingerprint density at radius 1 is 0.933 bits per heavy atom. The minimum Gasteiger partial charge on any atom is -0.222 e. The van der Waals surface area contributed by atoms with E-state index in [-0.39, 0.29) is 15.9 Å². The minimum absolute atomic E-state index is 0.110. The molecule has 6 nitrogen and oxygen atoms in total. The summed E-state index contributed by atoms with van der Waals surface area (Å²) < 4.78 is 44.7. The van der Waals surface area contributed by atoms with Crippen molar-refractivity contribution in [3.8, 4) is 0 Å². The molecule has 0 unspecified atom stereocenters. The topological polar surface area (TPSA) is 94.1 Å². The third kappa shape index (κ3) is 2.96. The van der Waals surface area contributed by atoms with Gasteiger partial charge in [0.1, 0.15) is 5.82 Å². The van der Waals surface area contributed by atoms with E-state index in [1.165, 1.54) is 6.92 Å². The molecule has 0 amide bonds. The molecule has 0 saturated heterocycles. The first-order valence-electron chi connectivity index (χ1n) is 3.86. The summed E-state index contributed by atoms with van der Waals surface area (Å²) in [6.07, 6.45) is 1.92. The Hall–Kier alpha value is -1.02. The monoisotopic (exact) mass is 250 g/mol. The molecule has 1 aromatic heterocycles. The number of rotatable bonds is 2. The highest BCUT2D eigenvalue weighted by Crippen LogP contribution is 2.11. The largest absolute Gasteiger partial charge is 0.222 e. The van der Waals surface area contributed by atoms with Crippen LogP contribution < -0.4 is 0 Å². The standard InChI is InChI=1S/C7H10N2O4S2/c1-5-8-6(14(2,10)11)4-7(9-5)15(3,12)13/h4H,1-3H3. The van der Waals surface area contributed by atoms with Gasteiger partial charge in [-0.25, -0.2) is 26.8 Å². The molecule has 84 valence electrons. The third-order valence-corrected chi connectivity index (χ3v) is 3.49. The molecule has 0 atom stereocenters. The number of sulfone groups is 2. The predicted octanol–water partition coefficient (Wildman–Crippen LogP) is -0.408. The van der Waals surface area contributed by atoms with Gasteiger partial charge in [-0.15, -0.1) is 0 Å². The molecule has 0 N–H and O–H groups in total. The van der Waals surface area contributed by atoms with Crippen molar-refractivity contribution in [1.82, 2.24) is 9.97 Å².